The van der Waals surface area contributed by atoms with E-state index in [1.54, 1.807) is 0 Å². The van der Waals surface area contributed by atoms with Gasteiger partial charge in [-0.3, -0.25) is 0 Å². The van der Waals surface area contributed by atoms with Gasteiger partial charge in [0.25, 0.3) is 0 Å². The molecule has 0 atom stereocenters. The molecule has 0 unspecified atom stereocenters. The Kier molecular flexibility index (Phi) is 5.25. The first-order chi connectivity index (χ1) is 8.70. The van der Waals surface area contributed by atoms with Crippen molar-refractivity contribution in [3.8, 4) is 10.4 Å². The quantitative estimate of drug-likeness (QED) is 0.723. The molecule has 0 saturated heterocycles. The highest BCUT2D eigenvalue weighted by atomic mass is 79.9. The summed E-state index contributed by atoms with van der Waals surface area (Å²) < 4.78 is 0.939. The highest BCUT2D eigenvalue weighted by Gasteiger charge is 2.05. The second kappa shape index (κ2) is 6.71. The van der Waals surface area contributed by atoms with E-state index >= 15 is 0 Å². The number of thiophene rings is 1. The number of rotatable bonds is 5. The fourth-order valence-corrected chi connectivity index (χ4v) is 3.07. The van der Waals surface area contributed by atoms with Crippen molar-refractivity contribution in [2.24, 2.45) is 0 Å². The van der Waals surface area contributed by atoms with E-state index in [0.29, 0.717) is 0 Å². The van der Waals surface area contributed by atoms with Crippen LogP contribution in [0.2, 0.25) is 5.02 Å². The summed E-state index contributed by atoms with van der Waals surface area (Å²) in [6.45, 7) is 4.19. The minimum absolute atomic E-state index is 0.756. The predicted octanol–water partition coefficient (Wildman–Crippen LogP) is 5.33. The van der Waals surface area contributed by atoms with E-state index in [1.165, 1.54) is 21.7 Å². The summed E-state index contributed by atoms with van der Waals surface area (Å²) in [5.41, 5.74) is 1.18. The van der Waals surface area contributed by atoms with Gasteiger partial charge in [-0.25, -0.2) is 0 Å². The van der Waals surface area contributed by atoms with Gasteiger partial charge in [0.1, 0.15) is 0 Å². The van der Waals surface area contributed by atoms with Crippen molar-refractivity contribution in [1.82, 2.24) is 5.32 Å². The van der Waals surface area contributed by atoms with Gasteiger partial charge < -0.3 is 5.32 Å². The van der Waals surface area contributed by atoms with E-state index in [0.717, 1.165) is 22.6 Å². The maximum atomic E-state index is 6.12. The van der Waals surface area contributed by atoms with E-state index in [1.807, 2.05) is 23.5 Å². The standard InChI is InChI=1S/C14H15BrClNS/c1-2-7-17-9-11-4-6-14(18-11)10-3-5-12(15)13(16)8-10/h3-6,8,17H,2,7,9H2,1H3. The normalized spacial score (nSPS) is 10.8. The third-order valence-corrected chi connectivity index (χ3v) is 4.96. The fraction of sp³-hybridized carbons (Fsp3) is 0.286. The van der Waals surface area contributed by atoms with Gasteiger partial charge in [-0.05, 0) is 58.7 Å². The molecule has 0 saturated carbocycles. The van der Waals surface area contributed by atoms with Crippen molar-refractivity contribution in [3.05, 3.63) is 44.7 Å². The third-order valence-electron chi connectivity index (χ3n) is 2.59. The van der Waals surface area contributed by atoms with Crippen molar-refractivity contribution in [2.75, 3.05) is 6.54 Å². The molecule has 0 bridgehead atoms. The Hall–Kier alpha value is -0.350. The molecule has 1 aromatic carbocycles. The summed E-state index contributed by atoms with van der Waals surface area (Å²) in [6.07, 6.45) is 1.17. The molecular formula is C14H15BrClNS. The Morgan fingerprint density at radius 3 is 2.83 bits per heavy atom. The first-order valence-corrected chi connectivity index (χ1v) is 7.94. The van der Waals surface area contributed by atoms with Gasteiger partial charge in [-0.15, -0.1) is 11.3 Å². The van der Waals surface area contributed by atoms with Gasteiger partial charge in [0.2, 0.25) is 0 Å². The molecule has 0 aliphatic carbocycles. The molecule has 2 aromatic rings. The molecule has 0 spiro atoms. The minimum atomic E-state index is 0.756. The minimum Gasteiger partial charge on any atom is -0.312 e. The first kappa shape index (κ1) is 14.1. The highest BCUT2D eigenvalue weighted by Crippen LogP contribution is 2.32. The van der Waals surface area contributed by atoms with Crippen molar-refractivity contribution >= 4 is 38.9 Å². The largest absolute Gasteiger partial charge is 0.312 e. The molecule has 0 aliphatic heterocycles. The average molecular weight is 345 g/mol. The van der Waals surface area contributed by atoms with Crippen molar-refractivity contribution in [2.45, 2.75) is 19.9 Å². The van der Waals surface area contributed by atoms with Crippen LogP contribution in [0.15, 0.2) is 34.8 Å². The van der Waals surface area contributed by atoms with E-state index in [-0.39, 0.29) is 0 Å². The zero-order chi connectivity index (χ0) is 13.0. The summed E-state index contributed by atoms with van der Waals surface area (Å²) in [5.74, 6) is 0. The van der Waals surface area contributed by atoms with Crippen molar-refractivity contribution in [1.29, 1.82) is 0 Å². The highest BCUT2D eigenvalue weighted by molar-refractivity contribution is 9.10. The van der Waals surface area contributed by atoms with Crippen LogP contribution in [0.25, 0.3) is 10.4 Å². The molecule has 18 heavy (non-hydrogen) atoms. The number of hydrogen-bond donors (Lipinski definition) is 1. The van der Waals surface area contributed by atoms with E-state index < -0.39 is 0 Å². The SMILES string of the molecule is CCCNCc1ccc(-c2ccc(Br)c(Cl)c2)s1. The van der Waals surface area contributed by atoms with E-state index in [9.17, 15) is 0 Å². The Morgan fingerprint density at radius 2 is 2.11 bits per heavy atom. The van der Waals surface area contributed by atoms with Gasteiger partial charge in [0.05, 0.1) is 5.02 Å². The Bertz CT molecular complexity index is 524. The molecule has 0 fully saturated rings. The van der Waals surface area contributed by atoms with Crippen LogP contribution in [0.3, 0.4) is 0 Å². The molecule has 0 radical (unpaired) electrons. The average Bonchev–Trinajstić information content (AvgIpc) is 2.82. The molecule has 1 heterocycles. The fourth-order valence-electron chi connectivity index (χ4n) is 1.67. The maximum absolute atomic E-state index is 6.12. The van der Waals surface area contributed by atoms with Gasteiger partial charge >= 0.3 is 0 Å². The topological polar surface area (TPSA) is 12.0 Å². The van der Waals surface area contributed by atoms with Crippen molar-refractivity contribution in [3.63, 3.8) is 0 Å². The van der Waals surface area contributed by atoms with Crippen LogP contribution in [0.1, 0.15) is 18.2 Å². The molecule has 0 amide bonds. The molecule has 1 nitrogen and oxygen atoms in total. The number of nitrogens with one attached hydrogen (secondary N) is 1. The molecule has 96 valence electrons. The summed E-state index contributed by atoms with van der Waals surface area (Å²) in [6, 6.07) is 10.4. The molecule has 1 aromatic heterocycles. The van der Waals surface area contributed by atoms with Crippen LogP contribution >= 0.6 is 38.9 Å². The molecule has 4 heteroatoms. The molecule has 1 N–H and O–H groups in total. The summed E-state index contributed by atoms with van der Waals surface area (Å²) in [7, 11) is 0. The van der Waals surface area contributed by atoms with Crippen LogP contribution < -0.4 is 5.32 Å². The van der Waals surface area contributed by atoms with Crippen molar-refractivity contribution < 1.29 is 0 Å². The Morgan fingerprint density at radius 1 is 1.28 bits per heavy atom. The lowest BCUT2D eigenvalue weighted by Gasteiger charge is -2.01. The van der Waals surface area contributed by atoms with Crippen LogP contribution in [-0.4, -0.2) is 6.54 Å². The van der Waals surface area contributed by atoms with Gasteiger partial charge in [0, 0.05) is 20.8 Å². The van der Waals surface area contributed by atoms with Gasteiger partial charge in [-0.1, -0.05) is 24.6 Å². The molecule has 0 aliphatic rings. The smallest absolute Gasteiger partial charge is 0.0554 e. The monoisotopic (exact) mass is 343 g/mol. The number of hydrogen-bond acceptors (Lipinski definition) is 2. The predicted molar refractivity (Wildman–Crippen MR) is 84.5 cm³/mol. The second-order valence-corrected chi connectivity index (χ2v) is 6.50. The van der Waals surface area contributed by atoms with Gasteiger partial charge in [0.15, 0.2) is 0 Å². The number of halogens is 2. The molecule has 2 rings (SSSR count). The van der Waals surface area contributed by atoms with Crippen LogP contribution in [0, 0.1) is 0 Å². The number of benzene rings is 1. The van der Waals surface area contributed by atoms with Crippen LogP contribution in [0.5, 0.6) is 0 Å². The molecular weight excluding hydrogens is 330 g/mol. The first-order valence-electron chi connectivity index (χ1n) is 5.95. The van der Waals surface area contributed by atoms with Crippen LogP contribution in [0.4, 0.5) is 0 Å². The summed E-state index contributed by atoms with van der Waals surface area (Å²) in [5, 5.41) is 4.17. The third kappa shape index (κ3) is 3.58. The van der Waals surface area contributed by atoms with Crippen LogP contribution in [-0.2, 0) is 6.54 Å². The van der Waals surface area contributed by atoms with Gasteiger partial charge in [-0.2, -0.15) is 0 Å². The summed E-state index contributed by atoms with van der Waals surface area (Å²) in [4.78, 5) is 2.62. The Labute approximate surface area is 125 Å². The lowest BCUT2D eigenvalue weighted by atomic mass is 10.2. The zero-order valence-electron chi connectivity index (χ0n) is 10.2. The lowest BCUT2D eigenvalue weighted by molar-refractivity contribution is 0.681. The Balaban J connectivity index is 2.11. The second-order valence-electron chi connectivity index (χ2n) is 4.07. The summed E-state index contributed by atoms with van der Waals surface area (Å²) >= 11 is 11.3. The zero-order valence-corrected chi connectivity index (χ0v) is 13.3. The lowest BCUT2D eigenvalue weighted by Crippen LogP contribution is -2.12. The van der Waals surface area contributed by atoms with E-state index in [4.69, 9.17) is 11.6 Å². The maximum Gasteiger partial charge on any atom is 0.0554 e. The van der Waals surface area contributed by atoms with E-state index in [2.05, 4.69) is 46.4 Å².